The molecule has 0 aliphatic carbocycles. The maximum absolute atomic E-state index is 13.6. The number of hydrogen-bond acceptors (Lipinski definition) is 4. The van der Waals surface area contributed by atoms with Gasteiger partial charge in [-0.25, -0.2) is 8.78 Å². The van der Waals surface area contributed by atoms with Gasteiger partial charge in [-0.1, -0.05) is 30.0 Å². The van der Waals surface area contributed by atoms with E-state index in [0.29, 0.717) is 0 Å². The molecule has 0 spiro atoms. The van der Waals surface area contributed by atoms with Gasteiger partial charge >= 0.3 is 5.97 Å². The minimum Gasteiger partial charge on any atom is -0.481 e. The first kappa shape index (κ1) is 16.6. The number of thioether (sulfide) groups is 1. The first-order chi connectivity index (χ1) is 10.4. The standard InChI is InChI=1S/C14H11F2NO3S2/c15-9-3-1-4-10(16)8(9)7-11-13(20)17(14(21)22-11)6-2-5-12(18)19/h1,3-4,7H,2,5-6H2,(H,18,19)/b11-7+. The van der Waals surface area contributed by atoms with Gasteiger partial charge in [0.2, 0.25) is 0 Å². The molecule has 0 bridgehead atoms. The molecule has 2 rings (SSSR count). The summed E-state index contributed by atoms with van der Waals surface area (Å²) in [5, 5.41) is 8.59. The van der Waals surface area contributed by atoms with Crippen molar-refractivity contribution >= 4 is 46.3 Å². The Morgan fingerprint density at radius 3 is 2.59 bits per heavy atom. The van der Waals surface area contributed by atoms with Crippen LogP contribution >= 0.6 is 24.0 Å². The van der Waals surface area contributed by atoms with Gasteiger partial charge in [0.05, 0.1) is 4.91 Å². The molecular weight excluding hydrogens is 332 g/mol. The van der Waals surface area contributed by atoms with Gasteiger partial charge in [-0.05, 0) is 24.6 Å². The summed E-state index contributed by atoms with van der Waals surface area (Å²) in [5.41, 5.74) is -0.298. The second kappa shape index (κ2) is 6.97. The van der Waals surface area contributed by atoms with E-state index in [9.17, 15) is 18.4 Å². The van der Waals surface area contributed by atoms with Gasteiger partial charge < -0.3 is 5.11 Å². The van der Waals surface area contributed by atoms with Crippen molar-refractivity contribution in [2.75, 3.05) is 6.54 Å². The van der Waals surface area contributed by atoms with Crippen LogP contribution in [0.15, 0.2) is 23.1 Å². The molecule has 1 saturated heterocycles. The van der Waals surface area contributed by atoms with Crippen LogP contribution < -0.4 is 0 Å². The third-order valence-corrected chi connectivity index (χ3v) is 4.30. The lowest BCUT2D eigenvalue weighted by molar-refractivity contribution is -0.137. The third-order valence-electron chi connectivity index (χ3n) is 2.92. The van der Waals surface area contributed by atoms with E-state index < -0.39 is 23.5 Å². The Kier molecular flexibility index (Phi) is 5.25. The molecule has 0 atom stereocenters. The van der Waals surface area contributed by atoms with Gasteiger partial charge in [0.1, 0.15) is 16.0 Å². The quantitative estimate of drug-likeness (QED) is 0.658. The molecule has 1 fully saturated rings. The lowest BCUT2D eigenvalue weighted by Gasteiger charge is -2.13. The van der Waals surface area contributed by atoms with Crippen LogP contribution in [0.1, 0.15) is 18.4 Å². The van der Waals surface area contributed by atoms with Crippen molar-refractivity contribution in [3.8, 4) is 0 Å². The van der Waals surface area contributed by atoms with Gasteiger partial charge in [0.25, 0.3) is 5.91 Å². The Labute approximate surface area is 134 Å². The van der Waals surface area contributed by atoms with E-state index in [1.165, 1.54) is 11.0 Å². The molecule has 1 N–H and O–H groups in total. The average molecular weight is 343 g/mol. The molecule has 0 radical (unpaired) electrons. The van der Waals surface area contributed by atoms with E-state index in [-0.39, 0.29) is 34.2 Å². The smallest absolute Gasteiger partial charge is 0.303 e. The Morgan fingerprint density at radius 2 is 2.00 bits per heavy atom. The first-order valence-electron chi connectivity index (χ1n) is 6.31. The van der Waals surface area contributed by atoms with Crippen molar-refractivity contribution in [1.29, 1.82) is 0 Å². The monoisotopic (exact) mass is 343 g/mol. The van der Waals surface area contributed by atoms with Crippen molar-refractivity contribution in [1.82, 2.24) is 4.90 Å². The number of aliphatic carboxylic acids is 1. The highest BCUT2D eigenvalue weighted by Gasteiger charge is 2.32. The Hall–Kier alpha value is -1.80. The van der Waals surface area contributed by atoms with E-state index >= 15 is 0 Å². The van der Waals surface area contributed by atoms with Crippen molar-refractivity contribution in [2.24, 2.45) is 0 Å². The van der Waals surface area contributed by atoms with Gasteiger partial charge in [-0.2, -0.15) is 0 Å². The molecule has 8 heteroatoms. The zero-order valence-corrected chi connectivity index (χ0v) is 12.8. The molecule has 1 aromatic carbocycles. The van der Waals surface area contributed by atoms with E-state index in [2.05, 4.69) is 0 Å². The number of carboxylic acids is 1. The van der Waals surface area contributed by atoms with Crippen molar-refractivity contribution in [3.63, 3.8) is 0 Å². The summed E-state index contributed by atoms with van der Waals surface area (Å²) in [6.07, 6.45) is 1.29. The highest BCUT2D eigenvalue weighted by molar-refractivity contribution is 8.26. The normalized spacial score (nSPS) is 16.6. The summed E-state index contributed by atoms with van der Waals surface area (Å²) in [4.78, 5) is 24.0. The van der Waals surface area contributed by atoms with Crippen molar-refractivity contribution < 1.29 is 23.5 Å². The van der Waals surface area contributed by atoms with Crippen LogP contribution in [0.25, 0.3) is 6.08 Å². The van der Waals surface area contributed by atoms with Crippen molar-refractivity contribution in [2.45, 2.75) is 12.8 Å². The predicted molar refractivity (Wildman–Crippen MR) is 83.1 cm³/mol. The topological polar surface area (TPSA) is 57.6 Å². The zero-order chi connectivity index (χ0) is 16.3. The highest BCUT2D eigenvalue weighted by Crippen LogP contribution is 2.33. The number of amides is 1. The number of hydrogen-bond donors (Lipinski definition) is 1. The summed E-state index contributed by atoms with van der Waals surface area (Å²) < 4.78 is 27.4. The third kappa shape index (κ3) is 3.69. The minimum absolute atomic E-state index is 0.0853. The van der Waals surface area contributed by atoms with E-state index in [1.807, 2.05) is 0 Å². The van der Waals surface area contributed by atoms with Gasteiger partial charge in [0, 0.05) is 18.5 Å². The molecular formula is C14H11F2NO3S2. The van der Waals surface area contributed by atoms with E-state index in [1.54, 1.807) is 0 Å². The molecule has 116 valence electrons. The fraction of sp³-hybridized carbons (Fsp3) is 0.214. The maximum Gasteiger partial charge on any atom is 0.303 e. The van der Waals surface area contributed by atoms with Crippen LogP contribution in [-0.2, 0) is 9.59 Å². The lowest BCUT2D eigenvalue weighted by Crippen LogP contribution is -2.29. The fourth-order valence-corrected chi connectivity index (χ4v) is 3.15. The van der Waals surface area contributed by atoms with E-state index in [4.69, 9.17) is 17.3 Å². The van der Waals surface area contributed by atoms with Crippen LogP contribution in [0.5, 0.6) is 0 Å². The second-order valence-corrected chi connectivity index (χ2v) is 6.14. The number of carboxylic acid groups (broad SMARTS) is 1. The summed E-state index contributed by atoms with van der Waals surface area (Å²) in [6.45, 7) is 0.161. The summed E-state index contributed by atoms with van der Waals surface area (Å²) >= 11 is 5.99. The number of carbonyl (C=O) groups is 2. The summed E-state index contributed by atoms with van der Waals surface area (Å²) in [5.74, 6) is -2.97. The molecule has 0 aromatic heterocycles. The van der Waals surface area contributed by atoms with Gasteiger partial charge in [-0.15, -0.1) is 0 Å². The Bertz CT molecular complexity index is 656. The van der Waals surface area contributed by atoms with Gasteiger partial charge in [-0.3, -0.25) is 14.5 Å². The Balaban J connectivity index is 2.17. The number of benzene rings is 1. The van der Waals surface area contributed by atoms with Gasteiger partial charge in [0.15, 0.2) is 0 Å². The van der Waals surface area contributed by atoms with Crippen molar-refractivity contribution in [3.05, 3.63) is 40.3 Å². The molecule has 1 aliphatic heterocycles. The molecule has 4 nitrogen and oxygen atoms in total. The number of nitrogens with zero attached hydrogens (tertiary/aromatic N) is 1. The zero-order valence-electron chi connectivity index (χ0n) is 11.2. The number of halogens is 2. The highest BCUT2D eigenvalue weighted by atomic mass is 32.2. The molecule has 1 aliphatic rings. The molecule has 1 aromatic rings. The number of rotatable bonds is 5. The van der Waals surface area contributed by atoms with Crippen LogP contribution in [0.3, 0.4) is 0 Å². The van der Waals surface area contributed by atoms with Crippen LogP contribution in [-0.4, -0.2) is 32.7 Å². The number of thiocarbonyl (C=S) groups is 1. The molecule has 1 amide bonds. The molecule has 22 heavy (non-hydrogen) atoms. The van der Waals surface area contributed by atoms with Crippen LogP contribution in [0.2, 0.25) is 0 Å². The second-order valence-electron chi connectivity index (χ2n) is 4.47. The maximum atomic E-state index is 13.6. The number of carbonyl (C=O) groups excluding carboxylic acids is 1. The average Bonchev–Trinajstić information content (AvgIpc) is 2.70. The predicted octanol–water partition coefficient (Wildman–Crippen LogP) is 3.03. The van der Waals surface area contributed by atoms with E-state index in [0.717, 1.165) is 30.0 Å². The SMILES string of the molecule is O=C(O)CCCN1C(=O)/C(=C\c2c(F)cccc2F)SC1=S. The van der Waals surface area contributed by atoms with Crippen LogP contribution in [0.4, 0.5) is 8.78 Å². The summed E-state index contributed by atoms with van der Waals surface area (Å²) in [7, 11) is 0. The first-order valence-corrected chi connectivity index (χ1v) is 7.54. The Morgan fingerprint density at radius 1 is 1.36 bits per heavy atom. The molecule has 0 unspecified atom stereocenters. The largest absolute Gasteiger partial charge is 0.481 e. The molecule has 1 heterocycles. The lowest BCUT2D eigenvalue weighted by atomic mass is 10.2. The summed E-state index contributed by atoms with van der Waals surface area (Å²) in [6, 6.07) is 3.43. The minimum atomic E-state index is -0.964. The fourth-order valence-electron chi connectivity index (χ4n) is 1.86. The molecule has 0 saturated carbocycles. The van der Waals surface area contributed by atoms with Crippen LogP contribution in [0, 0.1) is 11.6 Å².